The Kier molecular flexibility index (Phi) is 7.00. The zero-order valence-electron chi connectivity index (χ0n) is 17.7. The highest BCUT2D eigenvalue weighted by molar-refractivity contribution is 7.77. The van der Waals surface area contributed by atoms with Crippen molar-refractivity contribution in [1.29, 1.82) is 0 Å². The molecule has 0 fully saturated rings. The van der Waals surface area contributed by atoms with E-state index in [1.165, 1.54) is 18.5 Å². The van der Waals surface area contributed by atoms with Crippen LogP contribution in [0.15, 0.2) is 67.0 Å². The number of aromatic nitrogens is 4. The second-order valence-corrected chi connectivity index (χ2v) is 7.95. The topological polar surface area (TPSA) is 133 Å². The van der Waals surface area contributed by atoms with E-state index < -0.39 is 28.9 Å². The fraction of sp³-hybridized carbons (Fsp3) is 0.0909. The number of benzene rings is 2. The van der Waals surface area contributed by atoms with E-state index in [2.05, 4.69) is 30.2 Å². The molecule has 1 amide bonds. The average Bonchev–Trinajstić information content (AvgIpc) is 3.38. The first kappa shape index (κ1) is 24.2. The fourth-order valence-electron chi connectivity index (χ4n) is 3.29. The Balaban J connectivity index is 1.69. The molecule has 0 bridgehead atoms. The SMILES string of the molecule is O=C(Nc1cnc(CNS(=O)O)nc1-c1ccccc1)c1ccc(C(F)(F)F)c(-c2ccn[nH]2)c1. The van der Waals surface area contributed by atoms with Gasteiger partial charge in [-0.05, 0) is 24.3 Å². The van der Waals surface area contributed by atoms with Crippen molar-refractivity contribution < 1.29 is 26.7 Å². The highest BCUT2D eigenvalue weighted by Gasteiger charge is 2.34. The molecule has 0 aliphatic heterocycles. The number of hydrogen-bond donors (Lipinski definition) is 4. The lowest BCUT2D eigenvalue weighted by Gasteiger charge is -2.15. The Hall–Kier alpha value is -3.94. The summed E-state index contributed by atoms with van der Waals surface area (Å²) >= 11 is -2.27. The minimum atomic E-state index is -4.63. The Morgan fingerprint density at radius 3 is 2.54 bits per heavy atom. The molecule has 180 valence electrons. The monoisotopic (exact) mass is 502 g/mol. The molecule has 2 aromatic carbocycles. The van der Waals surface area contributed by atoms with Crippen molar-refractivity contribution in [1.82, 2.24) is 24.9 Å². The first-order chi connectivity index (χ1) is 16.7. The second kappa shape index (κ2) is 10.1. The van der Waals surface area contributed by atoms with Crippen LogP contribution in [0.1, 0.15) is 21.7 Å². The van der Waals surface area contributed by atoms with Crippen LogP contribution in [0.5, 0.6) is 0 Å². The molecule has 4 aromatic rings. The number of hydrogen-bond acceptors (Lipinski definition) is 5. The smallest absolute Gasteiger partial charge is 0.319 e. The summed E-state index contributed by atoms with van der Waals surface area (Å²) in [7, 11) is 0. The molecule has 13 heteroatoms. The fourth-order valence-corrected chi connectivity index (χ4v) is 3.55. The molecular weight excluding hydrogens is 485 g/mol. The van der Waals surface area contributed by atoms with Gasteiger partial charge in [0.2, 0.25) is 11.3 Å². The maximum absolute atomic E-state index is 13.5. The van der Waals surface area contributed by atoms with Gasteiger partial charge in [-0.1, -0.05) is 30.3 Å². The standard InChI is InChI=1S/C22H17F3N6O3S/c23-22(24,25)16-7-6-14(10-15(16)17-8-9-27-31-17)21(32)29-18-11-26-19(12-28-35(33)34)30-20(18)13-4-2-1-3-5-13/h1-11,28H,12H2,(H,27,31)(H,29,32)(H,33,34). The molecule has 2 aromatic heterocycles. The summed E-state index contributed by atoms with van der Waals surface area (Å²) in [5, 5.41) is 8.83. The number of carbonyl (C=O) groups is 1. The molecule has 1 unspecified atom stereocenters. The highest BCUT2D eigenvalue weighted by atomic mass is 32.2. The zero-order valence-corrected chi connectivity index (χ0v) is 18.5. The Morgan fingerprint density at radius 1 is 1.11 bits per heavy atom. The van der Waals surface area contributed by atoms with Gasteiger partial charge in [-0.3, -0.25) is 14.4 Å². The van der Waals surface area contributed by atoms with Crippen LogP contribution >= 0.6 is 0 Å². The van der Waals surface area contributed by atoms with Crippen molar-refractivity contribution in [3.63, 3.8) is 0 Å². The van der Waals surface area contributed by atoms with Gasteiger partial charge in [0.05, 0.1) is 35.4 Å². The molecule has 0 saturated carbocycles. The number of H-pyrrole nitrogens is 1. The predicted octanol–water partition coefficient (Wildman–Crippen LogP) is 4.03. The Morgan fingerprint density at radius 2 is 1.89 bits per heavy atom. The van der Waals surface area contributed by atoms with Gasteiger partial charge in [0.15, 0.2) is 0 Å². The number of aromatic amines is 1. The van der Waals surface area contributed by atoms with E-state index >= 15 is 0 Å². The van der Waals surface area contributed by atoms with Crippen molar-refractivity contribution in [3.05, 3.63) is 83.9 Å². The van der Waals surface area contributed by atoms with Crippen molar-refractivity contribution in [2.45, 2.75) is 12.7 Å². The normalized spacial score (nSPS) is 12.3. The molecule has 2 heterocycles. The summed E-state index contributed by atoms with van der Waals surface area (Å²) in [5.74, 6) is -0.483. The molecule has 4 N–H and O–H groups in total. The maximum atomic E-state index is 13.5. The van der Waals surface area contributed by atoms with E-state index in [1.54, 1.807) is 30.3 Å². The third-order valence-corrected chi connectivity index (χ3v) is 5.26. The van der Waals surface area contributed by atoms with Crippen LogP contribution < -0.4 is 10.0 Å². The van der Waals surface area contributed by atoms with Crippen molar-refractivity contribution in [2.75, 3.05) is 5.32 Å². The number of rotatable bonds is 7. The summed E-state index contributed by atoms with van der Waals surface area (Å²) in [5.41, 5.74) is 0.113. The van der Waals surface area contributed by atoms with E-state index in [0.29, 0.717) is 11.3 Å². The van der Waals surface area contributed by atoms with Crippen LogP contribution in [0, 0.1) is 0 Å². The largest absolute Gasteiger partial charge is 0.417 e. The van der Waals surface area contributed by atoms with Gasteiger partial charge in [-0.2, -0.15) is 18.3 Å². The van der Waals surface area contributed by atoms with Crippen LogP contribution in [0.3, 0.4) is 0 Å². The van der Waals surface area contributed by atoms with E-state index in [0.717, 1.165) is 18.2 Å². The van der Waals surface area contributed by atoms with Crippen LogP contribution in [-0.2, 0) is 24.0 Å². The maximum Gasteiger partial charge on any atom is 0.417 e. The minimum absolute atomic E-state index is 0.0250. The molecular formula is C22H17F3N6O3S. The number of carbonyl (C=O) groups excluding carboxylic acids is 1. The van der Waals surface area contributed by atoms with Gasteiger partial charge in [-0.15, -0.1) is 0 Å². The molecule has 0 aliphatic rings. The van der Waals surface area contributed by atoms with Gasteiger partial charge in [-0.25, -0.2) is 18.9 Å². The first-order valence-corrected chi connectivity index (χ1v) is 11.1. The molecule has 4 rings (SSSR count). The number of nitrogens with zero attached hydrogens (tertiary/aromatic N) is 3. The highest BCUT2D eigenvalue weighted by Crippen LogP contribution is 2.37. The van der Waals surface area contributed by atoms with Gasteiger partial charge in [0.25, 0.3) is 5.91 Å². The Labute approximate surface area is 199 Å². The van der Waals surface area contributed by atoms with Crippen LogP contribution in [0.25, 0.3) is 22.5 Å². The molecule has 0 aliphatic carbocycles. The van der Waals surface area contributed by atoms with E-state index in [1.807, 2.05) is 0 Å². The molecule has 0 saturated heterocycles. The van der Waals surface area contributed by atoms with Crippen molar-refractivity contribution >= 4 is 22.9 Å². The number of anilines is 1. The summed E-state index contributed by atoms with van der Waals surface area (Å²) in [6, 6.07) is 13.2. The predicted molar refractivity (Wildman–Crippen MR) is 122 cm³/mol. The van der Waals surface area contributed by atoms with Crippen molar-refractivity contribution in [2.24, 2.45) is 0 Å². The van der Waals surface area contributed by atoms with Gasteiger partial charge in [0.1, 0.15) is 5.82 Å². The van der Waals surface area contributed by atoms with Gasteiger partial charge < -0.3 is 5.32 Å². The van der Waals surface area contributed by atoms with E-state index in [9.17, 15) is 22.2 Å². The first-order valence-electron chi connectivity index (χ1n) is 10.0. The van der Waals surface area contributed by atoms with E-state index in [4.69, 9.17) is 4.55 Å². The van der Waals surface area contributed by atoms with Gasteiger partial charge in [0, 0.05) is 22.9 Å². The summed E-state index contributed by atoms with van der Waals surface area (Å²) in [4.78, 5) is 21.5. The lowest BCUT2D eigenvalue weighted by atomic mass is 10.0. The zero-order chi connectivity index (χ0) is 25.0. The molecule has 0 radical (unpaired) electrons. The third-order valence-electron chi connectivity index (χ3n) is 4.87. The average molecular weight is 502 g/mol. The number of halogens is 3. The van der Waals surface area contributed by atoms with Gasteiger partial charge >= 0.3 is 6.18 Å². The number of alkyl halides is 3. The summed E-state index contributed by atoms with van der Waals surface area (Å²) in [6.07, 6.45) is -2.00. The van der Waals surface area contributed by atoms with Crippen molar-refractivity contribution in [3.8, 4) is 22.5 Å². The second-order valence-electron chi connectivity index (χ2n) is 7.17. The summed E-state index contributed by atoms with van der Waals surface area (Å²) < 4.78 is 62.7. The third kappa shape index (κ3) is 5.77. The lowest BCUT2D eigenvalue weighted by molar-refractivity contribution is -0.137. The lowest BCUT2D eigenvalue weighted by Crippen LogP contribution is -2.19. The van der Waals surface area contributed by atoms with E-state index in [-0.39, 0.29) is 34.9 Å². The Bertz CT molecular complexity index is 1360. The van der Waals surface area contributed by atoms with Crippen LogP contribution in [0.4, 0.5) is 18.9 Å². The minimum Gasteiger partial charge on any atom is -0.319 e. The molecule has 35 heavy (non-hydrogen) atoms. The molecule has 1 atom stereocenters. The van der Waals surface area contributed by atoms with Crippen LogP contribution in [0.2, 0.25) is 0 Å². The molecule has 9 nitrogen and oxygen atoms in total. The number of amides is 1. The van der Waals surface area contributed by atoms with Crippen LogP contribution in [-0.4, -0.2) is 34.8 Å². The summed E-state index contributed by atoms with van der Waals surface area (Å²) in [6.45, 7) is -0.108. The molecule has 0 spiro atoms. The number of nitrogens with one attached hydrogen (secondary N) is 3. The quantitative estimate of drug-likeness (QED) is 0.282.